The van der Waals surface area contributed by atoms with Gasteiger partial charge in [0.15, 0.2) is 0 Å². The summed E-state index contributed by atoms with van der Waals surface area (Å²) < 4.78 is 51.8. The number of hydrogen-bond donors (Lipinski definition) is 1. The molecule has 0 amide bonds. The van der Waals surface area contributed by atoms with E-state index in [0.29, 0.717) is 10.6 Å². The van der Waals surface area contributed by atoms with Crippen molar-refractivity contribution >= 4 is 17.3 Å². The normalized spacial score (nSPS) is 11.6. The number of halogens is 5. The molecule has 0 radical (unpaired) electrons. The summed E-state index contributed by atoms with van der Waals surface area (Å²) >= 11 is 5.91. The van der Waals surface area contributed by atoms with E-state index in [0.717, 1.165) is 28.9 Å². The second-order valence-corrected chi connectivity index (χ2v) is 6.37. The van der Waals surface area contributed by atoms with Gasteiger partial charge in [-0.1, -0.05) is 29.8 Å². The van der Waals surface area contributed by atoms with Crippen molar-refractivity contribution in [2.45, 2.75) is 12.7 Å². The third-order valence-corrected chi connectivity index (χ3v) is 4.30. The summed E-state index contributed by atoms with van der Waals surface area (Å²) in [5.41, 5.74) is 1.88. The molecule has 3 aromatic rings. The maximum atomic E-state index is 13.8. The first-order valence-corrected chi connectivity index (χ1v) is 8.13. The van der Waals surface area contributed by atoms with E-state index in [4.69, 9.17) is 11.6 Å². The zero-order chi connectivity index (χ0) is 18.9. The van der Waals surface area contributed by atoms with Crippen LogP contribution in [0.3, 0.4) is 0 Å². The summed E-state index contributed by atoms with van der Waals surface area (Å²) in [6, 6.07) is 10.3. The molecular weight excluding hydrogens is 368 g/mol. The van der Waals surface area contributed by atoms with Crippen molar-refractivity contribution in [2.24, 2.45) is 0 Å². The van der Waals surface area contributed by atoms with E-state index in [1.54, 1.807) is 25.4 Å². The molecule has 1 aromatic heterocycles. The fourth-order valence-electron chi connectivity index (χ4n) is 2.78. The van der Waals surface area contributed by atoms with Crippen molar-refractivity contribution in [3.8, 4) is 11.1 Å². The Balaban J connectivity index is 1.83. The predicted molar refractivity (Wildman–Crippen MR) is 94.7 cm³/mol. The molecule has 0 aliphatic carbocycles. The maximum absolute atomic E-state index is 13.8. The highest BCUT2D eigenvalue weighted by molar-refractivity contribution is 6.30. The van der Waals surface area contributed by atoms with Crippen LogP contribution in [0.1, 0.15) is 11.1 Å². The van der Waals surface area contributed by atoms with Gasteiger partial charge in [0, 0.05) is 36.6 Å². The molecule has 0 atom stereocenters. The molecular formula is C19H15ClF4N2. The first-order valence-electron chi connectivity index (χ1n) is 7.75. The second kappa shape index (κ2) is 7.03. The van der Waals surface area contributed by atoms with Gasteiger partial charge in [0.2, 0.25) is 0 Å². The number of nitrogens with zero attached hydrogens (tertiary/aromatic N) is 1. The van der Waals surface area contributed by atoms with Gasteiger partial charge in [0.05, 0.1) is 11.3 Å². The monoisotopic (exact) mass is 382 g/mol. The molecule has 0 saturated carbocycles. The average molecular weight is 383 g/mol. The van der Waals surface area contributed by atoms with Gasteiger partial charge in [-0.15, -0.1) is 0 Å². The van der Waals surface area contributed by atoms with Gasteiger partial charge < -0.3 is 9.88 Å². The Labute approximate surface area is 153 Å². The Kier molecular flexibility index (Phi) is 4.96. The molecule has 7 heteroatoms. The Morgan fingerprint density at radius 1 is 1.04 bits per heavy atom. The molecule has 0 aliphatic heterocycles. The molecule has 0 bridgehead atoms. The van der Waals surface area contributed by atoms with Crippen LogP contribution in [0.4, 0.5) is 23.2 Å². The van der Waals surface area contributed by atoms with Crippen LogP contribution in [0.5, 0.6) is 0 Å². The highest BCUT2D eigenvalue weighted by atomic mass is 35.5. The third kappa shape index (κ3) is 3.85. The van der Waals surface area contributed by atoms with Crippen LogP contribution in [0.15, 0.2) is 54.9 Å². The first kappa shape index (κ1) is 18.3. The molecule has 0 saturated heterocycles. The van der Waals surface area contributed by atoms with Crippen molar-refractivity contribution in [2.75, 3.05) is 11.9 Å². The standard InChI is InChI=1S/C19H15ClF4N2/c1-26(11-12-2-7-16(17(21)8-12)19(22,23)24)18-10-25-9-15(18)13-3-5-14(20)6-4-13/h2-10,25H,11H2,1H3. The molecule has 0 unspecified atom stereocenters. The Morgan fingerprint density at radius 3 is 2.35 bits per heavy atom. The fraction of sp³-hybridized carbons (Fsp3) is 0.158. The summed E-state index contributed by atoms with van der Waals surface area (Å²) in [4.78, 5) is 4.86. The molecule has 2 aromatic carbocycles. The number of hydrogen-bond acceptors (Lipinski definition) is 1. The predicted octanol–water partition coefficient (Wildman–Crippen LogP) is 6.13. The fourth-order valence-corrected chi connectivity index (χ4v) is 2.90. The van der Waals surface area contributed by atoms with Crippen molar-refractivity contribution in [3.05, 3.63) is 76.8 Å². The summed E-state index contributed by atoms with van der Waals surface area (Å²) in [5, 5.41) is 0.624. The highest BCUT2D eigenvalue weighted by Gasteiger charge is 2.33. The zero-order valence-corrected chi connectivity index (χ0v) is 14.5. The molecule has 26 heavy (non-hydrogen) atoms. The number of rotatable bonds is 4. The Morgan fingerprint density at radius 2 is 1.73 bits per heavy atom. The number of nitrogens with one attached hydrogen (secondary N) is 1. The smallest absolute Gasteiger partial charge is 0.369 e. The van der Waals surface area contributed by atoms with Crippen molar-refractivity contribution in [1.82, 2.24) is 4.98 Å². The lowest BCUT2D eigenvalue weighted by Crippen LogP contribution is -2.17. The van der Waals surface area contributed by atoms with Crippen LogP contribution in [0.25, 0.3) is 11.1 Å². The van der Waals surface area contributed by atoms with Crippen LogP contribution in [0.2, 0.25) is 5.02 Å². The van der Waals surface area contributed by atoms with Crippen LogP contribution in [-0.4, -0.2) is 12.0 Å². The van der Waals surface area contributed by atoms with Gasteiger partial charge in [0.1, 0.15) is 5.82 Å². The SMILES string of the molecule is CN(Cc1ccc(C(F)(F)F)c(F)c1)c1c[nH]cc1-c1ccc(Cl)cc1. The van der Waals surface area contributed by atoms with Crippen LogP contribution in [-0.2, 0) is 12.7 Å². The maximum Gasteiger partial charge on any atom is 0.419 e. The largest absolute Gasteiger partial charge is 0.419 e. The van der Waals surface area contributed by atoms with Crippen molar-refractivity contribution in [3.63, 3.8) is 0 Å². The van der Waals surface area contributed by atoms with Crippen LogP contribution in [0, 0.1) is 5.82 Å². The Hall–Kier alpha value is -2.47. The molecule has 136 valence electrons. The van der Waals surface area contributed by atoms with E-state index in [9.17, 15) is 17.6 Å². The number of alkyl halides is 3. The Bertz CT molecular complexity index is 901. The number of benzene rings is 2. The summed E-state index contributed by atoms with van der Waals surface area (Å²) in [7, 11) is 1.79. The van der Waals surface area contributed by atoms with Gasteiger partial charge in [-0.25, -0.2) is 4.39 Å². The van der Waals surface area contributed by atoms with Gasteiger partial charge in [-0.3, -0.25) is 0 Å². The third-order valence-electron chi connectivity index (χ3n) is 4.05. The van der Waals surface area contributed by atoms with E-state index in [1.807, 2.05) is 23.2 Å². The minimum absolute atomic E-state index is 0.257. The van der Waals surface area contributed by atoms with Gasteiger partial charge in [0.25, 0.3) is 0 Å². The molecule has 0 fully saturated rings. The van der Waals surface area contributed by atoms with Crippen LogP contribution < -0.4 is 4.90 Å². The van der Waals surface area contributed by atoms with Crippen LogP contribution >= 0.6 is 11.6 Å². The second-order valence-electron chi connectivity index (χ2n) is 5.93. The van der Waals surface area contributed by atoms with E-state index >= 15 is 0 Å². The molecule has 1 heterocycles. The molecule has 1 N–H and O–H groups in total. The topological polar surface area (TPSA) is 19.0 Å². The van der Waals surface area contributed by atoms with Gasteiger partial charge in [-0.05, 0) is 35.4 Å². The zero-order valence-electron chi connectivity index (χ0n) is 13.7. The number of H-pyrrole nitrogens is 1. The number of aromatic nitrogens is 1. The highest BCUT2D eigenvalue weighted by Crippen LogP contribution is 2.33. The van der Waals surface area contributed by atoms with Gasteiger partial charge >= 0.3 is 6.18 Å². The summed E-state index contributed by atoms with van der Waals surface area (Å²) in [6.07, 6.45) is -1.09. The lowest BCUT2D eigenvalue weighted by molar-refractivity contribution is -0.140. The van der Waals surface area contributed by atoms with E-state index in [2.05, 4.69) is 4.98 Å². The van der Waals surface area contributed by atoms with Gasteiger partial charge in [-0.2, -0.15) is 13.2 Å². The molecule has 2 nitrogen and oxygen atoms in total. The summed E-state index contributed by atoms with van der Waals surface area (Å²) in [6.45, 7) is 0.257. The van der Waals surface area contributed by atoms with E-state index < -0.39 is 17.6 Å². The molecule has 0 spiro atoms. The number of anilines is 1. The number of aromatic amines is 1. The summed E-state index contributed by atoms with van der Waals surface area (Å²) in [5.74, 6) is -1.27. The van der Waals surface area contributed by atoms with Crippen molar-refractivity contribution < 1.29 is 17.6 Å². The van der Waals surface area contributed by atoms with E-state index in [-0.39, 0.29) is 6.54 Å². The van der Waals surface area contributed by atoms with E-state index in [1.165, 1.54) is 6.07 Å². The minimum atomic E-state index is -4.70. The average Bonchev–Trinajstić information content (AvgIpc) is 3.04. The lowest BCUT2D eigenvalue weighted by Gasteiger charge is -2.20. The quantitative estimate of drug-likeness (QED) is 0.538. The molecule has 0 aliphatic rings. The minimum Gasteiger partial charge on any atom is -0.369 e. The lowest BCUT2D eigenvalue weighted by atomic mass is 10.1. The molecule has 3 rings (SSSR count). The van der Waals surface area contributed by atoms with Crippen molar-refractivity contribution in [1.29, 1.82) is 0 Å². The first-order chi connectivity index (χ1) is 12.3.